The highest BCUT2D eigenvalue weighted by molar-refractivity contribution is 5.68. The van der Waals surface area contributed by atoms with Crippen LogP contribution in [-0.2, 0) is 33.3 Å². The van der Waals surface area contributed by atoms with E-state index in [9.17, 15) is 14.4 Å². The molecule has 0 amide bonds. The van der Waals surface area contributed by atoms with Gasteiger partial charge < -0.3 is 18.9 Å². The van der Waals surface area contributed by atoms with Crippen molar-refractivity contribution < 1.29 is 33.3 Å². The SMILES string of the molecule is C=CC[C@H]1OC[C@@H](OC(C)=O)[C@@H](OC(C)=O)[C@@H]1OC(C)=O. The molecule has 21 heavy (non-hydrogen) atoms. The summed E-state index contributed by atoms with van der Waals surface area (Å²) in [5.74, 6) is -1.64. The Morgan fingerprint density at radius 3 is 2.05 bits per heavy atom. The number of ether oxygens (including phenoxy) is 4. The summed E-state index contributed by atoms with van der Waals surface area (Å²) >= 11 is 0. The van der Waals surface area contributed by atoms with Crippen LogP contribution in [0.3, 0.4) is 0 Å². The van der Waals surface area contributed by atoms with Crippen molar-refractivity contribution in [1.82, 2.24) is 0 Å². The first kappa shape index (κ1) is 17.2. The van der Waals surface area contributed by atoms with Gasteiger partial charge in [-0.15, -0.1) is 6.58 Å². The lowest BCUT2D eigenvalue weighted by molar-refractivity contribution is -0.225. The van der Waals surface area contributed by atoms with E-state index in [4.69, 9.17) is 18.9 Å². The molecule has 1 fully saturated rings. The van der Waals surface area contributed by atoms with E-state index in [1.165, 1.54) is 20.8 Å². The van der Waals surface area contributed by atoms with Crippen LogP contribution >= 0.6 is 0 Å². The molecule has 1 saturated heterocycles. The number of carbonyl (C=O) groups is 3. The van der Waals surface area contributed by atoms with Crippen molar-refractivity contribution in [2.45, 2.75) is 51.6 Å². The summed E-state index contributed by atoms with van der Waals surface area (Å²) < 4.78 is 21.0. The van der Waals surface area contributed by atoms with Gasteiger partial charge in [-0.3, -0.25) is 14.4 Å². The fourth-order valence-electron chi connectivity index (χ4n) is 2.18. The van der Waals surface area contributed by atoms with Crippen LogP contribution in [-0.4, -0.2) is 48.9 Å². The number of rotatable bonds is 5. The van der Waals surface area contributed by atoms with Crippen molar-refractivity contribution in [1.29, 1.82) is 0 Å². The van der Waals surface area contributed by atoms with Gasteiger partial charge in [0.1, 0.15) is 6.10 Å². The summed E-state index contributed by atoms with van der Waals surface area (Å²) in [5, 5.41) is 0. The summed E-state index contributed by atoms with van der Waals surface area (Å²) in [5.41, 5.74) is 0. The van der Waals surface area contributed by atoms with E-state index >= 15 is 0 Å². The Labute approximate surface area is 123 Å². The second-order valence-electron chi connectivity index (χ2n) is 4.69. The van der Waals surface area contributed by atoms with Crippen molar-refractivity contribution in [2.24, 2.45) is 0 Å². The Morgan fingerprint density at radius 2 is 1.57 bits per heavy atom. The Hall–Kier alpha value is -1.89. The van der Waals surface area contributed by atoms with E-state index in [0.29, 0.717) is 6.42 Å². The molecule has 1 aliphatic rings. The first-order chi connectivity index (χ1) is 9.85. The first-order valence-corrected chi connectivity index (χ1v) is 6.59. The summed E-state index contributed by atoms with van der Waals surface area (Å²) in [6.07, 6.45) is -1.09. The summed E-state index contributed by atoms with van der Waals surface area (Å²) in [4.78, 5) is 33.7. The number of hydrogen-bond donors (Lipinski definition) is 0. The first-order valence-electron chi connectivity index (χ1n) is 6.59. The van der Waals surface area contributed by atoms with Crippen molar-refractivity contribution in [3.8, 4) is 0 Å². The third kappa shape index (κ3) is 5.18. The quantitative estimate of drug-likeness (QED) is 0.420. The molecule has 0 aromatic heterocycles. The molecule has 0 N–H and O–H groups in total. The lowest BCUT2D eigenvalue weighted by Gasteiger charge is -2.40. The summed E-state index contributed by atoms with van der Waals surface area (Å²) in [6.45, 7) is 7.37. The molecule has 1 aliphatic heterocycles. The van der Waals surface area contributed by atoms with Crippen LogP contribution in [0.25, 0.3) is 0 Å². The maximum absolute atomic E-state index is 11.3. The minimum absolute atomic E-state index is 0.0494. The van der Waals surface area contributed by atoms with Gasteiger partial charge in [0.05, 0.1) is 6.61 Å². The summed E-state index contributed by atoms with van der Waals surface area (Å²) in [6, 6.07) is 0. The zero-order chi connectivity index (χ0) is 16.0. The maximum atomic E-state index is 11.3. The van der Waals surface area contributed by atoms with Crippen LogP contribution in [0, 0.1) is 0 Å². The second kappa shape index (κ2) is 7.78. The average Bonchev–Trinajstić information content (AvgIpc) is 2.35. The van der Waals surface area contributed by atoms with E-state index in [2.05, 4.69) is 6.58 Å². The maximum Gasteiger partial charge on any atom is 0.303 e. The number of carbonyl (C=O) groups excluding carboxylic acids is 3. The molecule has 1 heterocycles. The molecule has 0 aromatic rings. The van der Waals surface area contributed by atoms with Crippen LogP contribution in [0.1, 0.15) is 27.2 Å². The fourth-order valence-corrected chi connectivity index (χ4v) is 2.18. The third-order valence-corrected chi connectivity index (χ3v) is 2.85. The number of hydrogen-bond acceptors (Lipinski definition) is 7. The molecule has 0 saturated carbocycles. The Kier molecular flexibility index (Phi) is 6.36. The van der Waals surface area contributed by atoms with Crippen LogP contribution in [0.2, 0.25) is 0 Å². The topological polar surface area (TPSA) is 88.1 Å². The van der Waals surface area contributed by atoms with Gasteiger partial charge in [0.15, 0.2) is 18.3 Å². The Balaban J connectivity index is 2.99. The molecule has 0 aromatic carbocycles. The minimum Gasteiger partial charge on any atom is -0.456 e. The monoisotopic (exact) mass is 300 g/mol. The molecule has 1 rings (SSSR count). The Morgan fingerprint density at radius 1 is 1.05 bits per heavy atom. The zero-order valence-electron chi connectivity index (χ0n) is 12.4. The standard InChI is InChI=1S/C14H20O7/c1-5-6-11-13(20-9(3)16)14(21-10(4)17)12(7-18-11)19-8(2)15/h5,11-14H,1,6-7H2,2-4H3/t11-,12-,13-,14-/m1/s1. The molecule has 4 atom stereocenters. The highest BCUT2D eigenvalue weighted by Crippen LogP contribution is 2.26. The molecule has 0 radical (unpaired) electrons. The molecule has 118 valence electrons. The smallest absolute Gasteiger partial charge is 0.303 e. The molecule has 0 unspecified atom stereocenters. The van der Waals surface area contributed by atoms with E-state index in [1.54, 1.807) is 6.08 Å². The Bertz CT molecular complexity index is 418. The van der Waals surface area contributed by atoms with Crippen molar-refractivity contribution >= 4 is 17.9 Å². The highest BCUT2D eigenvalue weighted by Gasteiger charge is 2.46. The highest BCUT2D eigenvalue weighted by atomic mass is 16.6. The van der Waals surface area contributed by atoms with Gasteiger partial charge in [-0.25, -0.2) is 0 Å². The fraction of sp³-hybridized carbons (Fsp3) is 0.643. The second-order valence-corrected chi connectivity index (χ2v) is 4.69. The third-order valence-electron chi connectivity index (χ3n) is 2.85. The van der Waals surface area contributed by atoms with Crippen molar-refractivity contribution in [3.05, 3.63) is 12.7 Å². The average molecular weight is 300 g/mol. The van der Waals surface area contributed by atoms with Gasteiger partial charge in [0.2, 0.25) is 0 Å². The minimum atomic E-state index is -0.908. The lowest BCUT2D eigenvalue weighted by Crippen LogP contribution is -2.57. The lowest BCUT2D eigenvalue weighted by atomic mass is 9.97. The van der Waals surface area contributed by atoms with Crippen LogP contribution in [0.5, 0.6) is 0 Å². The van der Waals surface area contributed by atoms with Crippen LogP contribution in [0.15, 0.2) is 12.7 Å². The van der Waals surface area contributed by atoms with E-state index in [1.807, 2.05) is 0 Å². The molecular weight excluding hydrogens is 280 g/mol. The molecule has 0 spiro atoms. The van der Waals surface area contributed by atoms with Crippen molar-refractivity contribution in [2.75, 3.05) is 6.61 Å². The van der Waals surface area contributed by atoms with Gasteiger partial charge in [-0.2, -0.15) is 0 Å². The molecule has 0 aliphatic carbocycles. The molecular formula is C14H20O7. The normalized spacial score (nSPS) is 28.3. The predicted octanol–water partition coefficient (Wildman–Crippen LogP) is 0.756. The van der Waals surface area contributed by atoms with Crippen LogP contribution in [0.4, 0.5) is 0 Å². The zero-order valence-corrected chi connectivity index (χ0v) is 12.4. The number of esters is 3. The van der Waals surface area contributed by atoms with Gasteiger partial charge in [-0.05, 0) is 6.42 Å². The van der Waals surface area contributed by atoms with E-state index in [0.717, 1.165) is 0 Å². The van der Waals surface area contributed by atoms with E-state index < -0.39 is 42.3 Å². The van der Waals surface area contributed by atoms with Gasteiger partial charge >= 0.3 is 17.9 Å². The molecule has 0 bridgehead atoms. The van der Waals surface area contributed by atoms with Gasteiger partial charge in [0, 0.05) is 20.8 Å². The van der Waals surface area contributed by atoms with E-state index in [-0.39, 0.29) is 6.61 Å². The molecule has 7 nitrogen and oxygen atoms in total. The molecule has 7 heteroatoms. The predicted molar refractivity (Wildman–Crippen MR) is 71.2 cm³/mol. The largest absolute Gasteiger partial charge is 0.456 e. The summed E-state index contributed by atoms with van der Waals surface area (Å²) in [7, 11) is 0. The van der Waals surface area contributed by atoms with Crippen molar-refractivity contribution in [3.63, 3.8) is 0 Å². The van der Waals surface area contributed by atoms with Gasteiger partial charge in [0.25, 0.3) is 0 Å². The van der Waals surface area contributed by atoms with Gasteiger partial charge in [-0.1, -0.05) is 6.08 Å². The van der Waals surface area contributed by atoms with Crippen LogP contribution < -0.4 is 0 Å².